The van der Waals surface area contributed by atoms with Gasteiger partial charge in [-0.3, -0.25) is 4.98 Å². The minimum atomic E-state index is -0.0232. The zero-order valence-electron chi connectivity index (χ0n) is 25.6. The minimum Gasteiger partial charge on any atom is -0.363 e. The zero-order valence-corrected chi connectivity index (χ0v) is 25.6. The maximum atomic E-state index is 7.18. The van der Waals surface area contributed by atoms with Gasteiger partial charge < -0.3 is 9.22 Å². The summed E-state index contributed by atoms with van der Waals surface area (Å²) in [7, 11) is 0. The first-order valence-corrected chi connectivity index (χ1v) is 16.5. The largest absolute Gasteiger partial charge is 0.363 e. The van der Waals surface area contributed by atoms with E-state index in [1.54, 1.807) is 0 Å². The summed E-state index contributed by atoms with van der Waals surface area (Å²) in [6.07, 6.45) is 5.73. The Morgan fingerprint density at radius 2 is 1.48 bits per heavy atom. The summed E-state index contributed by atoms with van der Waals surface area (Å²) in [4.78, 5) is 4.75. The lowest BCUT2D eigenvalue weighted by atomic mass is 9.70. The predicted octanol–water partition coefficient (Wildman–Crippen LogP) is 9.63. The quantitative estimate of drug-likeness (QED) is 0.133. The Kier molecular flexibility index (Phi) is 7.16. The SMILES string of the molecule is CC[C@H]1C[N+]2(Cc3c4ccccc4cc4ccccc34)CCC1C[C@@H]2[C@@H](OCc1ccccc1)c1ccnc2ccccc12. The van der Waals surface area contributed by atoms with Gasteiger partial charge in [0.15, 0.2) is 0 Å². The van der Waals surface area contributed by atoms with Crippen LogP contribution in [0, 0.1) is 11.8 Å². The van der Waals surface area contributed by atoms with Gasteiger partial charge in [0.25, 0.3) is 0 Å². The molecule has 5 aromatic carbocycles. The Labute approximate surface area is 260 Å². The average Bonchev–Trinajstić information content (AvgIpc) is 3.09. The van der Waals surface area contributed by atoms with E-state index >= 15 is 0 Å². The van der Waals surface area contributed by atoms with Crippen molar-refractivity contribution in [2.45, 2.75) is 51.5 Å². The molecule has 3 saturated heterocycles. The van der Waals surface area contributed by atoms with Crippen LogP contribution in [0.3, 0.4) is 0 Å². The van der Waals surface area contributed by atoms with Crippen molar-refractivity contribution in [3.63, 3.8) is 0 Å². The molecule has 0 aliphatic carbocycles. The smallest absolute Gasteiger partial charge is 0.135 e. The van der Waals surface area contributed by atoms with Crippen LogP contribution in [-0.2, 0) is 17.9 Å². The van der Waals surface area contributed by atoms with Crippen LogP contribution in [0.1, 0.15) is 49.0 Å². The topological polar surface area (TPSA) is 22.1 Å². The van der Waals surface area contributed by atoms with Gasteiger partial charge in [-0.25, -0.2) is 0 Å². The summed E-state index contributed by atoms with van der Waals surface area (Å²) < 4.78 is 8.26. The summed E-state index contributed by atoms with van der Waals surface area (Å²) in [6, 6.07) is 42.3. The molecule has 3 fully saturated rings. The van der Waals surface area contributed by atoms with Crippen molar-refractivity contribution in [3.8, 4) is 0 Å². The third kappa shape index (κ3) is 4.80. The van der Waals surface area contributed by atoms with Crippen LogP contribution in [0.5, 0.6) is 0 Å². The van der Waals surface area contributed by atoms with E-state index in [1.165, 1.54) is 76.0 Å². The summed E-state index contributed by atoms with van der Waals surface area (Å²) >= 11 is 0. The number of nitrogens with zero attached hydrogens (tertiary/aromatic N) is 2. The van der Waals surface area contributed by atoms with E-state index in [0.717, 1.165) is 28.4 Å². The minimum absolute atomic E-state index is 0.0232. The molecule has 1 aromatic heterocycles. The Hall–Kier alpha value is -4.05. The van der Waals surface area contributed by atoms with Crippen molar-refractivity contribution in [3.05, 3.63) is 138 Å². The highest BCUT2D eigenvalue weighted by atomic mass is 16.5. The molecule has 0 N–H and O–H groups in total. The van der Waals surface area contributed by atoms with Crippen LogP contribution in [0.15, 0.2) is 121 Å². The normalized spacial score (nSPS) is 23.8. The fourth-order valence-electron chi connectivity index (χ4n) is 8.77. The third-order valence-corrected chi connectivity index (χ3v) is 10.9. The van der Waals surface area contributed by atoms with Crippen molar-refractivity contribution in [2.24, 2.45) is 11.8 Å². The number of piperidine rings is 3. The van der Waals surface area contributed by atoms with Gasteiger partial charge in [0.1, 0.15) is 18.7 Å². The highest BCUT2D eigenvalue weighted by Gasteiger charge is 2.55. The van der Waals surface area contributed by atoms with Gasteiger partial charge in [-0.05, 0) is 63.2 Å². The second kappa shape index (κ2) is 11.5. The first-order valence-electron chi connectivity index (χ1n) is 16.5. The number of hydrogen-bond acceptors (Lipinski definition) is 2. The highest BCUT2D eigenvalue weighted by molar-refractivity contribution is 6.02. The van der Waals surface area contributed by atoms with E-state index < -0.39 is 0 Å². The van der Waals surface area contributed by atoms with E-state index in [-0.39, 0.29) is 6.10 Å². The van der Waals surface area contributed by atoms with Crippen LogP contribution in [0.4, 0.5) is 0 Å². The van der Waals surface area contributed by atoms with Gasteiger partial charge in [0.2, 0.25) is 0 Å². The summed E-state index contributed by atoms with van der Waals surface area (Å²) in [5.41, 5.74) is 5.06. The fourth-order valence-corrected chi connectivity index (χ4v) is 8.77. The van der Waals surface area contributed by atoms with Crippen LogP contribution >= 0.6 is 0 Å². The first-order chi connectivity index (χ1) is 21.7. The van der Waals surface area contributed by atoms with Crippen LogP contribution in [0.2, 0.25) is 0 Å². The number of pyridine rings is 1. The second-order valence-electron chi connectivity index (χ2n) is 13.2. The lowest BCUT2D eigenvalue weighted by Crippen LogP contribution is -2.67. The van der Waals surface area contributed by atoms with Crippen molar-refractivity contribution in [2.75, 3.05) is 13.1 Å². The molecule has 2 unspecified atom stereocenters. The van der Waals surface area contributed by atoms with Gasteiger partial charge in [-0.1, -0.05) is 104 Å². The fraction of sp³-hybridized carbons (Fsp3) is 0.293. The molecule has 6 aromatic rings. The van der Waals surface area contributed by atoms with Crippen LogP contribution < -0.4 is 0 Å². The van der Waals surface area contributed by atoms with Crippen molar-refractivity contribution >= 4 is 32.4 Å². The zero-order chi connectivity index (χ0) is 29.5. The Bertz CT molecular complexity index is 1880. The molecular formula is C41H41N2O+. The third-order valence-electron chi connectivity index (χ3n) is 10.9. The predicted molar refractivity (Wildman–Crippen MR) is 181 cm³/mol. The van der Waals surface area contributed by atoms with Crippen LogP contribution in [0.25, 0.3) is 32.4 Å². The van der Waals surface area contributed by atoms with Gasteiger partial charge in [0, 0.05) is 35.9 Å². The monoisotopic (exact) mass is 577 g/mol. The maximum absolute atomic E-state index is 7.18. The molecule has 0 radical (unpaired) electrons. The molecular weight excluding hydrogens is 536 g/mol. The van der Waals surface area contributed by atoms with Crippen molar-refractivity contribution in [1.29, 1.82) is 0 Å². The number of hydrogen-bond donors (Lipinski definition) is 0. The standard InChI is InChI=1S/C41H41N2O/c1-2-30-26-43(27-38-34-16-8-6-14-32(34)24-33-15-7-9-17-35(33)38)23-21-31(30)25-40(43)41(44-28-29-12-4-3-5-13-29)37-20-22-42-39-19-11-10-18-36(37)39/h3-20,22,24,30-31,40-41H,2,21,23,25-28H2,1H3/q+1/t30-,31?,40+,41-,43?/m0/s1. The molecule has 2 bridgehead atoms. The van der Waals surface area contributed by atoms with Gasteiger partial charge in [0.05, 0.1) is 25.2 Å². The number of aromatic nitrogens is 1. The first kappa shape index (κ1) is 27.5. The molecule has 0 saturated carbocycles. The van der Waals surface area contributed by atoms with Crippen LogP contribution in [-0.4, -0.2) is 28.6 Å². The molecule has 4 heterocycles. The molecule has 3 nitrogen and oxygen atoms in total. The molecule has 5 atom stereocenters. The molecule has 3 heteroatoms. The summed E-state index contributed by atoms with van der Waals surface area (Å²) in [5, 5.41) is 6.69. The molecule has 9 rings (SSSR count). The number of benzene rings is 5. The van der Waals surface area contributed by atoms with E-state index in [0.29, 0.717) is 12.6 Å². The van der Waals surface area contributed by atoms with Crippen molar-refractivity contribution < 1.29 is 9.22 Å². The summed E-state index contributed by atoms with van der Waals surface area (Å²) in [5.74, 6) is 1.51. The number of ether oxygens (including phenoxy) is 1. The second-order valence-corrected chi connectivity index (χ2v) is 13.2. The molecule has 220 valence electrons. The Morgan fingerprint density at radius 3 is 2.23 bits per heavy atom. The number of quaternary nitrogens is 1. The van der Waals surface area contributed by atoms with E-state index in [4.69, 9.17) is 9.72 Å². The van der Waals surface area contributed by atoms with Gasteiger partial charge in [-0.15, -0.1) is 0 Å². The molecule has 3 aliphatic heterocycles. The molecule has 44 heavy (non-hydrogen) atoms. The average molecular weight is 578 g/mol. The number of para-hydroxylation sites is 1. The van der Waals surface area contributed by atoms with E-state index in [2.05, 4.69) is 122 Å². The van der Waals surface area contributed by atoms with Gasteiger partial charge in [-0.2, -0.15) is 0 Å². The maximum Gasteiger partial charge on any atom is 0.135 e. The highest BCUT2D eigenvalue weighted by Crippen LogP contribution is 2.50. The molecule has 0 amide bonds. The molecule has 0 spiro atoms. The number of fused-ring (bicyclic) bond motifs is 6. The number of rotatable bonds is 8. The van der Waals surface area contributed by atoms with E-state index in [9.17, 15) is 0 Å². The van der Waals surface area contributed by atoms with E-state index in [1.807, 2.05) is 6.20 Å². The Balaban J connectivity index is 1.29. The van der Waals surface area contributed by atoms with Gasteiger partial charge >= 0.3 is 0 Å². The Morgan fingerprint density at radius 1 is 0.795 bits per heavy atom. The lowest BCUT2D eigenvalue weighted by Gasteiger charge is -2.59. The lowest BCUT2D eigenvalue weighted by molar-refractivity contribution is -0.985. The molecule has 3 aliphatic rings. The van der Waals surface area contributed by atoms with Crippen molar-refractivity contribution in [1.82, 2.24) is 4.98 Å². The summed E-state index contributed by atoms with van der Waals surface area (Å²) in [6.45, 7) is 6.47.